The number of carbonyl (C=O) groups is 2. The largest absolute Gasteiger partial charge is 0.481 e. The molecule has 31 heavy (non-hydrogen) atoms. The Morgan fingerprint density at radius 2 is 1.97 bits per heavy atom. The molecule has 0 unspecified atom stereocenters. The second kappa shape index (κ2) is 8.99. The minimum atomic E-state index is -4.31. The molecule has 1 fully saturated rings. The van der Waals surface area contributed by atoms with Crippen molar-refractivity contribution in [2.45, 2.75) is 17.7 Å². The molecule has 0 aliphatic carbocycles. The summed E-state index contributed by atoms with van der Waals surface area (Å²) in [6.45, 7) is 0.129. The summed E-state index contributed by atoms with van der Waals surface area (Å²) >= 11 is 6.14. The standard InChI is InChI=1S/C18H15N3O7S3/c22-16(23)8-4-9-19-17(24)14(30-18(19)29)11-12-5-3-10-20(12)31(27,28)15-7-2-1-6-13(15)21(25)26/h1-3,5-7,10-11H,4,8-9H2,(H,22,23). The molecule has 1 N–H and O–H groups in total. The Balaban J connectivity index is 1.93. The van der Waals surface area contributed by atoms with E-state index in [1.165, 1.54) is 41.4 Å². The van der Waals surface area contributed by atoms with Gasteiger partial charge in [0, 0.05) is 25.2 Å². The molecule has 1 aromatic heterocycles. The molecule has 1 aliphatic heterocycles. The molecule has 1 amide bonds. The molecular formula is C18H15N3O7S3. The van der Waals surface area contributed by atoms with Gasteiger partial charge in [0.1, 0.15) is 4.32 Å². The van der Waals surface area contributed by atoms with Crippen molar-refractivity contribution in [3.05, 3.63) is 63.3 Å². The first kappa shape index (κ1) is 22.7. The predicted octanol–water partition coefficient (Wildman–Crippen LogP) is 2.70. The number of carboxylic acids is 1. The number of carbonyl (C=O) groups excluding carboxylic acids is 1. The van der Waals surface area contributed by atoms with E-state index < -0.39 is 37.4 Å². The number of hydrogen-bond donors (Lipinski definition) is 1. The molecule has 2 heterocycles. The molecule has 0 radical (unpaired) electrons. The van der Waals surface area contributed by atoms with Crippen LogP contribution in [-0.4, -0.2) is 50.1 Å². The van der Waals surface area contributed by atoms with Crippen LogP contribution in [-0.2, 0) is 19.6 Å². The minimum absolute atomic E-state index is 0.115. The van der Waals surface area contributed by atoms with Gasteiger partial charge < -0.3 is 5.11 Å². The smallest absolute Gasteiger partial charge is 0.303 e. The molecule has 0 atom stereocenters. The van der Waals surface area contributed by atoms with Crippen LogP contribution in [0, 0.1) is 10.1 Å². The van der Waals surface area contributed by atoms with Crippen LogP contribution >= 0.6 is 24.0 Å². The highest BCUT2D eigenvalue weighted by molar-refractivity contribution is 8.26. The van der Waals surface area contributed by atoms with Crippen LogP contribution in [0.1, 0.15) is 18.5 Å². The first-order chi connectivity index (χ1) is 14.6. The van der Waals surface area contributed by atoms with Crippen LogP contribution in [0.15, 0.2) is 52.4 Å². The van der Waals surface area contributed by atoms with E-state index in [1.807, 2.05) is 0 Å². The number of nitrogens with zero attached hydrogens (tertiary/aromatic N) is 3. The van der Waals surface area contributed by atoms with E-state index in [-0.39, 0.29) is 34.3 Å². The fourth-order valence-electron chi connectivity index (χ4n) is 2.86. The number of nitro benzene ring substituents is 1. The van der Waals surface area contributed by atoms with E-state index in [4.69, 9.17) is 17.3 Å². The van der Waals surface area contributed by atoms with Gasteiger partial charge in [-0.05, 0) is 30.7 Å². The number of thiocarbonyl (C=S) groups is 1. The average Bonchev–Trinajstić information content (AvgIpc) is 3.28. The number of para-hydroxylation sites is 1. The number of hydrogen-bond acceptors (Lipinski definition) is 8. The number of amides is 1. The molecule has 0 bridgehead atoms. The maximum absolute atomic E-state index is 13.1. The van der Waals surface area contributed by atoms with Crippen molar-refractivity contribution in [2.24, 2.45) is 0 Å². The summed E-state index contributed by atoms with van der Waals surface area (Å²) in [5.41, 5.74) is -0.448. The normalized spacial score (nSPS) is 15.6. The lowest BCUT2D eigenvalue weighted by atomic mass is 10.3. The Morgan fingerprint density at radius 3 is 2.65 bits per heavy atom. The maximum atomic E-state index is 13.1. The van der Waals surface area contributed by atoms with Crippen LogP contribution in [0.25, 0.3) is 6.08 Å². The van der Waals surface area contributed by atoms with Crippen molar-refractivity contribution < 1.29 is 28.0 Å². The Labute approximate surface area is 186 Å². The Bertz CT molecular complexity index is 1220. The van der Waals surface area contributed by atoms with Crippen LogP contribution < -0.4 is 0 Å². The topological polar surface area (TPSA) is 140 Å². The summed E-state index contributed by atoms with van der Waals surface area (Å²) in [5.74, 6) is -1.45. The third-order valence-corrected chi connectivity index (χ3v) is 7.40. The lowest BCUT2D eigenvalue weighted by Crippen LogP contribution is -2.29. The van der Waals surface area contributed by atoms with Gasteiger partial charge in [-0.1, -0.05) is 36.1 Å². The predicted molar refractivity (Wildman–Crippen MR) is 117 cm³/mol. The average molecular weight is 482 g/mol. The van der Waals surface area contributed by atoms with Crippen LogP contribution in [0.5, 0.6) is 0 Å². The van der Waals surface area contributed by atoms with Gasteiger partial charge in [0.15, 0.2) is 4.90 Å². The molecule has 162 valence electrons. The zero-order valence-corrected chi connectivity index (χ0v) is 18.2. The van der Waals surface area contributed by atoms with Gasteiger partial charge in [-0.15, -0.1) is 0 Å². The van der Waals surface area contributed by atoms with Crippen molar-refractivity contribution in [3.63, 3.8) is 0 Å². The van der Waals surface area contributed by atoms with Gasteiger partial charge in [0.25, 0.3) is 21.6 Å². The van der Waals surface area contributed by atoms with Crippen LogP contribution in [0.2, 0.25) is 0 Å². The fraction of sp³-hybridized carbons (Fsp3) is 0.167. The molecule has 0 saturated carbocycles. The van der Waals surface area contributed by atoms with Crippen molar-refractivity contribution in [2.75, 3.05) is 6.54 Å². The van der Waals surface area contributed by atoms with Crippen molar-refractivity contribution in [3.8, 4) is 0 Å². The number of aliphatic carboxylic acids is 1. The quantitative estimate of drug-likeness (QED) is 0.261. The summed E-state index contributed by atoms with van der Waals surface area (Å²) < 4.78 is 27.2. The lowest BCUT2D eigenvalue weighted by Gasteiger charge is -2.13. The zero-order valence-electron chi connectivity index (χ0n) is 15.7. The van der Waals surface area contributed by atoms with Crippen LogP contribution in [0.4, 0.5) is 5.69 Å². The monoisotopic (exact) mass is 481 g/mol. The summed E-state index contributed by atoms with van der Waals surface area (Å²) in [4.78, 5) is 34.7. The molecule has 1 saturated heterocycles. The van der Waals surface area contributed by atoms with Gasteiger partial charge in [0.2, 0.25) is 0 Å². The fourth-order valence-corrected chi connectivity index (χ4v) is 5.64. The van der Waals surface area contributed by atoms with Crippen molar-refractivity contribution >= 4 is 62.0 Å². The molecule has 1 aliphatic rings. The molecule has 0 spiro atoms. The first-order valence-corrected chi connectivity index (χ1v) is 11.4. The third-order valence-electron chi connectivity index (χ3n) is 4.27. The number of thioether (sulfide) groups is 1. The Kier molecular flexibility index (Phi) is 6.57. The molecule has 13 heteroatoms. The molecule has 1 aromatic carbocycles. The maximum Gasteiger partial charge on any atom is 0.303 e. The molecule has 2 aromatic rings. The van der Waals surface area contributed by atoms with Gasteiger partial charge in [-0.2, -0.15) is 0 Å². The molecule has 10 nitrogen and oxygen atoms in total. The number of rotatable bonds is 8. The van der Waals surface area contributed by atoms with E-state index in [1.54, 1.807) is 0 Å². The highest BCUT2D eigenvalue weighted by Crippen LogP contribution is 2.34. The highest BCUT2D eigenvalue weighted by atomic mass is 32.2. The zero-order chi connectivity index (χ0) is 22.8. The van der Waals surface area contributed by atoms with E-state index >= 15 is 0 Å². The SMILES string of the molecule is O=C(O)CCCN1C(=O)C(=Cc2cccn2S(=O)(=O)c2ccccc2[N+](=O)[O-])SC1=S. The van der Waals surface area contributed by atoms with Crippen molar-refractivity contribution in [1.82, 2.24) is 8.87 Å². The van der Waals surface area contributed by atoms with E-state index in [2.05, 4.69) is 0 Å². The first-order valence-electron chi connectivity index (χ1n) is 8.76. The highest BCUT2D eigenvalue weighted by Gasteiger charge is 2.33. The number of carboxylic acid groups (broad SMARTS) is 1. The van der Waals surface area contributed by atoms with Crippen LogP contribution in [0.3, 0.4) is 0 Å². The summed E-state index contributed by atoms with van der Waals surface area (Å²) in [6.07, 6.45) is 2.67. The molecular weight excluding hydrogens is 466 g/mol. The summed E-state index contributed by atoms with van der Waals surface area (Å²) in [6, 6.07) is 7.86. The number of aromatic nitrogens is 1. The van der Waals surface area contributed by atoms with E-state index in [0.29, 0.717) is 0 Å². The number of nitro groups is 1. The minimum Gasteiger partial charge on any atom is -0.481 e. The summed E-state index contributed by atoms with van der Waals surface area (Å²) in [7, 11) is -4.31. The van der Waals surface area contributed by atoms with Gasteiger partial charge in [-0.3, -0.25) is 24.6 Å². The summed E-state index contributed by atoms with van der Waals surface area (Å²) in [5, 5.41) is 20.0. The molecule has 3 rings (SSSR count). The van der Waals surface area contributed by atoms with Gasteiger partial charge in [-0.25, -0.2) is 12.4 Å². The van der Waals surface area contributed by atoms with Gasteiger partial charge in [0.05, 0.1) is 15.5 Å². The van der Waals surface area contributed by atoms with Crippen molar-refractivity contribution in [1.29, 1.82) is 0 Å². The second-order valence-electron chi connectivity index (χ2n) is 6.29. The second-order valence-corrected chi connectivity index (χ2v) is 9.75. The Morgan fingerprint density at radius 1 is 1.26 bits per heavy atom. The van der Waals surface area contributed by atoms with E-state index in [9.17, 15) is 28.1 Å². The lowest BCUT2D eigenvalue weighted by molar-refractivity contribution is -0.387. The van der Waals surface area contributed by atoms with Gasteiger partial charge >= 0.3 is 5.97 Å². The van der Waals surface area contributed by atoms with E-state index in [0.717, 1.165) is 27.9 Å². The Hall–Kier alpha value is -3.03. The number of benzene rings is 1. The third kappa shape index (κ3) is 4.68.